The second kappa shape index (κ2) is 7.27. The second-order valence-electron chi connectivity index (χ2n) is 7.08. The molecule has 2 aromatic carbocycles. The van der Waals surface area contributed by atoms with Crippen LogP contribution in [0, 0.1) is 0 Å². The molecule has 5 nitrogen and oxygen atoms in total. The van der Waals surface area contributed by atoms with E-state index in [0.717, 1.165) is 45.6 Å². The number of anilines is 1. The lowest BCUT2D eigenvalue weighted by Crippen LogP contribution is -2.18. The van der Waals surface area contributed by atoms with E-state index in [1.165, 1.54) is 4.88 Å². The van der Waals surface area contributed by atoms with Crippen molar-refractivity contribution < 1.29 is 9.47 Å². The Bertz CT molecular complexity index is 1220. The molecule has 2 aliphatic heterocycles. The number of ether oxygens (including phenoxy) is 2. The van der Waals surface area contributed by atoms with Crippen molar-refractivity contribution in [1.82, 2.24) is 4.98 Å². The summed E-state index contributed by atoms with van der Waals surface area (Å²) in [5, 5.41) is 12.1. The number of nitrogens with zero attached hydrogens (tertiary/aromatic N) is 3. The van der Waals surface area contributed by atoms with Crippen molar-refractivity contribution in [1.29, 1.82) is 0 Å². The number of hydrogen-bond donors (Lipinski definition) is 0. The zero-order valence-corrected chi connectivity index (χ0v) is 17.5. The maximum absolute atomic E-state index is 5.61. The Kier molecular flexibility index (Phi) is 4.28. The van der Waals surface area contributed by atoms with Gasteiger partial charge in [-0.15, -0.1) is 22.7 Å². The maximum Gasteiger partial charge on any atom is 0.231 e. The van der Waals surface area contributed by atoms with Crippen molar-refractivity contribution in [2.24, 2.45) is 5.10 Å². The highest BCUT2D eigenvalue weighted by molar-refractivity contribution is 7.14. The Hall–Kier alpha value is -3.16. The summed E-state index contributed by atoms with van der Waals surface area (Å²) in [6.45, 7) is 0.275. The third-order valence-corrected chi connectivity index (χ3v) is 7.00. The summed E-state index contributed by atoms with van der Waals surface area (Å²) in [7, 11) is 0. The van der Waals surface area contributed by atoms with Crippen LogP contribution in [0.1, 0.15) is 22.9 Å². The van der Waals surface area contributed by atoms with Crippen LogP contribution >= 0.6 is 22.7 Å². The summed E-state index contributed by atoms with van der Waals surface area (Å²) in [5.41, 5.74) is 4.32. The quantitative estimate of drug-likeness (QED) is 0.400. The van der Waals surface area contributed by atoms with E-state index < -0.39 is 0 Å². The minimum Gasteiger partial charge on any atom is -0.454 e. The molecule has 0 saturated carbocycles. The number of thiophene rings is 1. The molecule has 0 bridgehead atoms. The van der Waals surface area contributed by atoms with Crippen molar-refractivity contribution in [2.75, 3.05) is 11.8 Å². The molecule has 4 aromatic rings. The van der Waals surface area contributed by atoms with Gasteiger partial charge in [-0.05, 0) is 29.1 Å². The van der Waals surface area contributed by atoms with Gasteiger partial charge in [-0.3, -0.25) is 0 Å². The third kappa shape index (κ3) is 3.07. The van der Waals surface area contributed by atoms with E-state index in [9.17, 15) is 0 Å². The molecule has 30 heavy (non-hydrogen) atoms. The van der Waals surface area contributed by atoms with Gasteiger partial charge in [0.25, 0.3) is 0 Å². The average Bonchev–Trinajstić information content (AvgIpc) is 3.59. The highest BCUT2D eigenvalue weighted by atomic mass is 32.1. The summed E-state index contributed by atoms with van der Waals surface area (Å²) in [6, 6.07) is 20.7. The van der Waals surface area contributed by atoms with Crippen LogP contribution in [-0.4, -0.2) is 17.5 Å². The summed E-state index contributed by atoms with van der Waals surface area (Å²) in [4.78, 5) is 6.11. The molecule has 0 N–H and O–H groups in total. The van der Waals surface area contributed by atoms with Crippen molar-refractivity contribution in [2.45, 2.75) is 12.5 Å². The van der Waals surface area contributed by atoms with Crippen molar-refractivity contribution in [3.63, 3.8) is 0 Å². The number of aromatic nitrogens is 1. The van der Waals surface area contributed by atoms with Crippen molar-refractivity contribution >= 4 is 33.5 Å². The largest absolute Gasteiger partial charge is 0.454 e. The van der Waals surface area contributed by atoms with Crippen LogP contribution in [0.2, 0.25) is 0 Å². The SMILES string of the molecule is c1ccc(-c2csc(N3N=C(c4cccs4)C[C@@H]3c3ccc4c(c3)OCO4)n2)cc1. The zero-order chi connectivity index (χ0) is 19.9. The van der Waals surface area contributed by atoms with Crippen molar-refractivity contribution in [3.05, 3.63) is 81.9 Å². The zero-order valence-electron chi connectivity index (χ0n) is 15.9. The molecule has 0 aliphatic carbocycles. The second-order valence-corrected chi connectivity index (χ2v) is 8.87. The number of fused-ring (bicyclic) bond motifs is 1. The molecule has 1 atom stereocenters. The topological polar surface area (TPSA) is 47.0 Å². The summed E-state index contributed by atoms with van der Waals surface area (Å²) in [5.74, 6) is 1.59. The first-order valence-corrected chi connectivity index (χ1v) is 11.4. The predicted molar refractivity (Wildman–Crippen MR) is 121 cm³/mol. The lowest BCUT2D eigenvalue weighted by Gasteiger charge is -2.21. The van der Waals surface area contributed by atoms with Crippen LogP contribution < -0.4 is 14.5 Å². The van der Waals surface area contributed by atoms with Crippen LogP contribution in [0.4, 0.5) is 5.13 Å². The predicted octanol–water partition coefficient (Wildman–Crippen LogP) is 5.96. The fourth-order valence-electron chi connectivity index (χ4n) is 3.77. The standard InChI is InChI=1S/C23H17N3O2S2/c1-2-5-15(6-3-1)18-13-30-23(24-18)26-19(12-17(25-26)22-7-4-10-29-22)16-8-9-20-21(11-16)28-14-27-20/h1-11,13,19H,12,14H2/t19-/m1/s1. The highest BCUT2D eigenvalue weighted by Crippen LogP contribution is 2.42. The molecule has 2 aliphatic rings. The number of hydrogen-bond acceptors (Lipinski definition) is 7. The molecule has 6 rings (SSSR count). The lowest BCUT2D eigenvalue weighted by molar-refractivity contribution is 0.174. The van der Waals surface area contributed by atoms with Gasteiger partial charge >= 0.3 is 0 Å². The molecule has 0 unspecified atom stereocenters. The van der Waals surface area contributed by atoms with Crippen LogP contribution in [0.15, 0.2) is 76.5 Å². The van der Waals surface area contributed by atoms with E-state index in [1.54, 1.807) is 22.7 Å². The van der Waals surface area contributed by atoms with Crippen molar-refractivity contribution in [3.8, 4) is 22.8 Å². The molecule has 0 fully saturated rings. The smallest absolute Gasteiger partial charge is 0.231 e. The summed E-state index contributed by atoms with van der Waals surface area (Å²) < 4.78 is 11.1. The van der Waals surface area contributed by atoms with Crippen LogP contribution in [0.3, 0.4) is 0 Å². The van der Waals surface area contributed by atoms with Crippen LogP contribution in [0.25, 0.3) is 11.3 Å². The first kappa shape index (κ1) is 17.7. The Labute approximate surface area is 181 Å². The number of rotatable bonds is 4. The van der Waals surface area contributed by atoms with Gasteiger partial charge in [-0.2, -0.15) is 5.10 Å². The third-order valence-electron chi connectivity index (χ3n) is 5.25. The van der Waals surface area contributed by atoms with E-state index in [1.807, 2.05) is 24.3 Å². The molecule has 0 radical (unpaired) electrons. The van der Waals surface area contributed by atoms with E-state index in [4.69, 9.17) is 19.6 Å². The van der Waals surface area contributed by atoms with Crippen LogP contribution in [-0.2, 0) is 0 Å². The lowest BCUT2D eigenvalue weighted by atomic mass is 10.0. The van der Waals surface area contributed by atoms with Gasteiger partial charge in [-0.1, -0.05) is 42.5 Å². The summed E-state index contributed by atoms with van der Waals surface area (Å²) in [6.07, 6.45) is 0.820. The minimum absolute atomic E-state index is 0.0615. The van der Waals surface area contributed by atoms with Gasteiger partial charge in [0.05, 0.1) is 22.3 Å². The first-order valence-electron chi connectivity index (χ1n) is 9.66. The molecular weight excluding hydrogens is 414 g/mol. The van der Waals surface area contributed by atoms with E-state index in [-0.39, 0.29) is 12.8 Å². The average molecular weight is 432 g/mol. The summed E-state index contributed by atoms with van der Waals surface area (Å²) >= 11 is 3.34. The molecule has 148 valence electrons. The fourth-order valence-corrected chi connectivity index (χ4v) is 5.32. The number of thiazole rings is 1. The molecule has 0 saturated heterocycles. The monoisotopic (exact) mass is 431 g/mol. The van der Waals surface area contributed by atoms with Gasteiger partial charge < -0.3 is 9.47 Å². The molecule has 0 amide bonds. The van der Waals surface area contributed by atoms with Crippen LogP contribution in [0.5, 0.6) is 11.5 Å². The molecule has 4 heterocycles. The Morgan fingerprint density at radius 3 is 2.70 bits per heavy atom. The normalized spacial score (nSPS) is 17.4. The van der Waals surface area contributed by atoms with E-state index in [2.05, 4.69) is 52.2 Å². The fraction of sp³-hybridized carbons (Fsp3) is 0.130. The Balaban J connectivity index is 1.39. The molecule has 2 aromatic heterocycles. The van der Waals surface area contributed by atoms with E-state index in [0.29, 0.717) is 0 Å². The number of benzene rings is 2. The first-order chi connectivity index (χ1) is 14.8. The van der Waals surface area contributed by atoms with Gasteiger partial charge in [0.15, 0.2) is 11.5 Å². The molecule has 0 spiro atoms. The Morgan fingerprint density at radius 2 is 1.83 bits per heavy atom. The minimum atomic E-state index is 0.0615. The molecular formula is C23H17N3O2S2. The van der Waals surface area contributed by atoms with E-state index >= 15 is 0 Å². The van der Waals surface area contributed by atoms with Gasteiger partial charge in [-0.25, -0.2) is 9.99 Å². The highest BCUT2D eigenvalue weighted by Gasteiger charge is 2.33. The van der Waals surface area contributed by atoms with Gasteiger partial charge in [0, 0.05) is 17.4 Å². The number of hydrazone groups is 1. The maximum atomic E-state index is 5.61. The Morgan fingerprint density at radius 1 is 0.933 bits per heavy atom. The molecule has 7 heteroatoms. The van der Waals surface area contributed by atoms with Gasteiger partial charge in [0.2, 0.25) is 11.9 Å². The van der Waals surface area contributed by atoms with Gasteiger partial charge in [0.1, 0.15) is 0 Å².